The minimum absolute atomic E-state index is 0.0719. The van der Waals surface area contributed by atoms with Crippen LogP contribution in [0.25, 0.3) is 22.0 Å². The molecule has 210 valence electrons. The number of rotatable bonds is 5. The number of hydrogen-bond acceptors (Lipinski definition) is 4. The van der Waals surface area contributed by atoms with Gasteiger partial charge in [-0.1, -0.05) is 75.4 Å². The molecule has 2 fully saturated rings. The number of benzene rings is 2. The quantitative estimate of drug-likeness (QED) is 0.373. The van der Waals surface area contributed by atoms with Gasteiger partial charge in [0.15, 0.2) is 0 Å². The van der Waals surface area contributed by atoms with Crippen molar-refractivity contribution in [2.24, 2.45) is 5.41 Å². The zero-order chi connectivity index (χ0) is 28.9. The fourth-order valence-corrected chi connectivity index (χ4v) is 6.15. The van der Waals surface area contributed by atoms with Gasteiger partial charge in [0, 0.05) is 35.2 Å². The number of amides is 3. The number of carbonyl (C=O) groups excluding carboxylic acids is 3. The van der Waals surface area contributed by atoms with Crippen LogP contribution in [-0.2, 0) is 4.79 Å². The maximum Gasteiger partial charge on any atom is 0.272 e. The van der Waals surface area contributed by atoms with Gasteiger partial charge < -0.3 is 20.1 Å². The lowest BCUT2D eigenvalue weighted by atomic mass is 9.85. The molecule has 4 aromatic rings. The van der Waals surface area contributed by atoms with E-state index in [0.29, 0.717) is 24.5 Å². The predicted molar refractivity (Wildman–Crippen MR) is 158 cm³/mol. The number of nitrogens with one attached hydrogen (secondary N) is 2. The summed E-state index contributed by atoms with van der Waals surface area (Å²) in [6, 6.07) is 22.4. The van der Waals surface area contributed by atoms with Crippen molar-refractivity contribution in [3.63, 3.8) is 0 Å². The number of pyridine rings is 1. The molecule has 0 aliphatic carbocycles. The van der Waals surface area contributed by atoms with Crippen molar-refractivity contribution in [1.82, 2.24) is 25.1 Å². The maximum atomic E-state index is 13.9. The molecule has 3 atom stereocenters. The average Bonchev–Trinajstić information content (AvgIpc) is 3.69. The second-order valence-corrected chi connectivity index (χ2v) is 12.2. The molecule has 2 bridgehead atoms. The van der Waals surface area contributed by atoms with Gasteiger partial charge in [-0.15, -0.1) is 0 Å². The molecule has 0 spiro atoms. The van der Waals surface area contributed by atoms with Crippen molar-refractivity contribution >= 4 is 28.6 Å². The number of fused-ring (bicyclic) bond motifs is 3. The summed E-state index contributed by atoms with van der Waals surface area (Å²) in [5, 5.41) is 3.95. The SMILES string of the molecule is Cc1nc(C(=O)N2C[C@@H]3C[C@H]2CN3C(=O)[C@@H](NC(=O)c2cc3ccccc3[nH]2)C(C)(C)C)ccc1-c1ccccc1. The van der Waals surface area contributed by atoms with Gasteiger partial charge in [0.25, 0.3) is 11.8 Å². The van der Waals surface area contributed by atoms with Crippen LogP contribution in [0.2, 0.25) is 0 Å². The fraction of sp³-hybridized carbons (Fsp3) is 0.333. The van der Waals surface area contributed by atoms with Gasteiger partial charge >= 0.3 is 0 Å². The van der Waals surface area contributed by atoms with Crippen LogP contribution in [0.15, 0.2) is 72.8 Å². The Kier molecular flexibility index (Phi) is 6.64. The molecule has 0 saturated carbocycles. The number of aromatic amines is 1. The van der Waals surface area contributed by atoms with Crippen molar-refractivity contribution in [3.8, 4) is 11.1 Å². The van der Waals surface area contributed by atoms with Gasteiger partial charge in [0.2, 0.25) is 5.91 Å². The van der Waals surface area contributed by atoms with Gasteiger partial charge in [-0.05, 0) is 42.5 Å². The third-order valence-corrected chi connectivity index (χ3v) is 8.34. The standard InChI is InChI=1S/C33H35N5O3/c1-20-25(21-10-6-5-7-11-21)14-15-27(34-20)31(40)37-18-24-17-23(37)19-38(24)32(41)29(33(2,3)4)36-30(39)28-16-22-12-8-9-13-26(22)35-28/h5-16,23-24,29,35H,17-19H2,1-4H3,(H,36,39)/t23-,24-,29+/m0/s1. The summed E-state index contributed by atoms with van der Waals surface area (Å²) in [5.41, 5.74) is 4.09. The first-order valence-corrected chi connectivity index (χ1v) is 14.1. The lowest BCUT2D eigenvalue weighted by Gasteiger charge is -2.39. The summed E-state index contributed by atoms with van der Waals surface area (Å²) in [6.45, 7) is 8.70. The molecule has 4 heterocycles. The Balaban J connectivity index is 1.14. The van der Waals surface area contributed by atoms with Gasteiger partial charge in [-0.2, -0.15) is 0 Å². The Morgan fingerprint density at radius 2 is 1.61 bits per heavy atom. The van der Waals surface area contributed by atoms with E-state index in [1.807, 2.05) is 98.2 Å². The van der Waals surface area contributed by atoms with Crippen LogP contribution < -0.4 is 5.32 Å². The van der Waals surface area contributed by atoms with Gasteiger partial charge in [0.1, 0.15) is 17.4 Å². The number of hydrogen-bond donors (Lipinski definition) is 2. The average molecular weight is 550 g/mol. The summed E-state index contributed by atoms with van der Waals surface area (Å²) < 4.78 is 0. The minimum Gasteiger partial charge on any atom is -0.351 e. The molecule has 8 nitrogen and oxygen atoms in total. The first-order valence-electron chi connectivity index (χ1n) is 14.1. The largest absolute Gasteiger partial charge is 0.351 e. The number of nitrogens with zero attached hydrogens (tertiary/aromatic N) is 3. The number of piperazine rings is 1. The van der Waals surface area contributed by atoms with Crippen molar-refractivity contribution < 1.29 is 14.4 Å². The Morgan fingerprint density at radius 1 is 0.927 bits per heavy atom. The van der Waals surface area contributed by atoms with Crippen LogP contribution in [0.1, 0.15) is 53.9 Å². The number of likely N-dealkylation sites (tertiary alicyclic amines) is 2. The third-order valence-electron chi connectivity index (χ3n) is 8.34. The number of aromatic nitrogens is 2. The molecule has 3 amide bonds. The second-order valence-electron chi connectivity index (χ2n) is 12.2. The van der Waals surface area contributed by atoms with Crippen molar-refractivity contribution in [1.29, 1.82) is 0 Å². The number of aryl methyl sites for hydroxylation is 1. The van der Waals surface area contributed by atoms with Crippen LogP contribution in [0, 0.1) is 12.3 Å². The molecule has 6 rings (SSSR count). The second kappa shape index (κ2) is 10.2. The highest BCUT2D eigenvalue weighted by Gasteiger charge is 2.50. The lowest BCUT2D eigenvalue weighted by molar-refractivity contribution is -0.138. The van der Waals surface area contributed by atoms with Crippen LogP contribution in [-0.4, -0.2) is 68.7 Å². The van der Waals surface area contributed by atoms with Crippen LogP contribution in [0.4, 0.5) is 0 Å². The Labute approximate surface area is 239 Å². The molecule has 0 radical (unpaired) electrons. The van der Waals surface area contributed by atoms with Crippen molar-refractivity contribution in [2.75, 3.05) is 13.1 Å². The maximum absolute atomic E-state index is 13.9. The zero-order valence-corrected chi connectivity index (χ0v) is 23.8. The normalized spacial score (nSPS) is 19.0. The van der Waals surface area contributed by atoms with Crippen molar-refractivity contribution in [3.05, 3.63) is 89.9 Å². The summed E-state index contributed by atoms with van der Waals surface area (Å²) in [5.74, 6) is -0.523. The highest BCUT2D eigenvalue weighted by Crippen LogP contribution is 2.34. The number of H-pyrrole nitrogens is 1. The third kappa shape index (κ3) is 4.99. The highest BCUT2D eigenvalue weighted by molar-refractivity contribution is 6.00. The number of carbonyl (C=O) groups is 3. The molecular weight excluding hydrogens is 514 g/mol. The van der Waals surface area contributed by atoms with Gasteiger partial charge in [-0.3, -0.25) is 14.4 Å². The minimum atomic E-state index is -0.709. The monoisotopic (exact) mass is 549 g/mol. The van der Waals surface area contributed by atoms with E-state index in [4.69, 9.17) is 0 Å². The molecular formula is C33H35N5O3. The van der Waals surface area contributed by atoms with Crippen LogP contribution >= 0.6 is 0 Å². The van der Waals surface area contributed by atoms with E-state index in [2.05, 4.69) is 15.3 Å². The van der Waals surface area contributed by atoms with Gasteiger partial charge in [0.05, 0.1) is 12.1 Å². The van der Waals surface area contributed by atoms with Gasteiger partial charge in [-0.25, -0.2) is 4.98 Å². The molecule has 41 heavy (non-hydrogen) atoms. The zero-order valence-electron chi connectivity index (χ0n) is 23.8. The molecule has 2 saturated heterocycles. The summed E-state index contributed by atoms with van der Waals surface area (Å²) in [6.07, 6.45) is 0.728. The predicted octanol–water partition coefficient (Wildman–Crippen LogP) is 4.81. The Hall–Kier alpha value is -4.46. The Bertz CT molecular complexity index is 1600. The first-order chi connectivity index (χ1) is 19.6. The molecule has 0 unspecified atom stereocenters. The summed E-state index contributed by atoms with van der Waals surface area (Å²) in [4.78, 5) is 52.1. The van der Waals surface area contributed by atoms with E-state index >= 15 is 0 Å². The smallest absolute Gasteiger partial charge is 0.272 e. The molecule has 2 aromatic heterocycles. The van der Waals surface area contributed by atoms with E-state index in [-0.39, 0.29) is 29.8 Å². The molecule has 2 N–H and O–H groups in total. The molecule has 8 heteroatoms. The van der Waals surface area contributed by atoms with E-state index in [1.165, 1.54) is 0 Å². The van der Waals surface area contributed by atoms with E-state index < -0.39 is 11.5 Å². The molecule has 2 aliphatic heterocycles. The first kappa shape index (κ1) is 26.7. The summed E-state index contributed by atoms with van der Waals surface area (Å²) in [7, 11) is 0. The lowest BCUT2D eigenvalue weighted by Crippen LogP contribution is -2.59. The molecule has 2 aromatic carbocycles. The van der Waals surface area contributed by atoms with Crippen molar-refractivity contribution in [2.45, 2.75) is 52.2 Å². The highest BCUT2D eigenvalue weighted by atomic mass is 16.2. The molecule has 2 aliphatic rings. The number of para-hydroxylation sites is 1. The fourth-order valence-electron chi connectivity index (χ4n) is 6.15. The van der Waals surface area contributed by atoms with E-state index in [9.17, 15) is 14.4 Å². The van der Waals surface area contributed by atoms with E-state index in [0.717, 1.165) is 34.1 Å². The summed E-state index contributed by atoms with van der Waals surface area (Å²) >= 11 is 0. The topological polar surface area (TPSA) is 98.4 Å². The Morgan fingerprint density at radius 3 is 2.27 bits per heavy atom. The van der Waals surface area contributed by atoms with Crippen LogP contribution in [0.5, 0.6) is 0 Å². The van der Waals surface area contributed by atoms with Crippen LogP contribution in [0.3, 0.4) is 0 Å². The van der Waals surface area contributed by atoms with E-state index in [1.54, 1.807) is 12.1 Å².